The Labute approximate surface area is 195 Å². The molecular formula is C21H29ClIN5O. The predicted octanol–water partition coefficient (Wildman–Crippen LogP) is 4.39. The molecule has 0 bridgehead atoms. The summed E-state index contributed by atoms with van der Waals surface area (Å²) in [5.74, 6) is 0.791. The second-order valence-corrected chi connectivity index (χ2v) is 6.75. The highest BCUT2D eigenvalue weighted by Gasteiger charge is 2.03. The van der Waals surface area contributed by atoms with E-state index in [0.717, 1.165) is 48.7 Å². The van der Waals surface area contributed by atoms with Gasteiger partial charge in [0.15, 0.2) is 5.96 Å². The SMILES string of the molecule is CCCC(=O)Nc1cccc(CN=C(NCC)NCCc2ccc(Cl)nc2)c1.I. The highest BCUT2D eigenvalue weighted by Crippen LogP contribution is 2.12. The zero-order valence-electron chi connectivity index (χ0n) is 16.9. The Morgan fingerprint density at radius 2 is 1.97 bits per heavy atom. The third-order valence-corrected chi connectivity index (χ3v) is 4.17. The number of pyridine rings is 1. The molecular weight excluding hydrogens is 501 g/mol. The molecule has 2 aromatic rings. The second kappa shape index (κ2) is 14.2. The molecule has 1 aromatic carbocycles. The van der Waals surface area contributed by atoms with E-state index in [-0.39, 0.29) is 29.9 Å². The molecule has 29 heavy (non-hydrogen) atoms. The van der Waals surface area contributed by atoms with Gasteiger partial charge in [0.2, 0.25) is 5.91 Å². The molecule has 3 N–H and O–H groups in total. The molecule has 158 valence electrons. The zero-order valence-corrected chi connectivity index (χ0v) is 20.0. The fourth-order valence-electron chi connectivity index (χ4n) is 2.59. The monoisotopic (exact) mass is 529 g/mol. The number of aromatic nitrogens is 1. The number of anilines is 1. The van der Waals surface area contributed by atoms with E-state index in [1.165, 1.54) is 0 Å². The first-order valence-electron chi connectivity index (χ1n) is 9.62. The molecule has 2 rings (SSSR count). The molecule has 0 aliphatic heterocycles. The van der Waals surface area contributed by atoms with Crippen LogP contribution in [0.5, 0.6) is 0 Å². The van der Waals surface area contributed by atoms with Gasteiger partial charge in [0.05, 0.1) is 6.54 Å². The fourth-order valence-corrected chi connectivity index (χ4v) is 2.70. The van der Waals surface area contributed by atoms with Gasteiger partial charge in [-0.1, -0.05) is 36.7 Å². The molecule has 1 heterocycles. The molecule has 0 radical (unpaired) electrons. The van der Waals surface area contributed by atoms with Crippen molar-refractivity contribution < 1.29 is 4.79 Å². The van der Waals surface area contributed by atoms with Crippen LogP contribution < -0.4 is 16.0 Å². The summed E-state index contributed by atoms with van der Waals surface area (Å²) < 4.78 is 0. The van der Waals surface area contributed by atoms with Crippen LogP contribution in [0.15, 0.2) is 47.6 Å². The van der Waals surface area contributed by atoms with Gasteiger partial charge in [0.1, 0.15) is 5.15 Å². The number of benzene rings is 1. The first kappa shape index (κ1) is 25.2. The van der Waals surface area contributed by atoms with Gasteiger partial charge in [-0.15, -0.1) is 24.0 Å². The van der Waals surface area contributed by atoms with E-state index in [1.54, 1.807) is 12.3 Å². The average Bonchev–Trinajstić information content (AvgIpc) is 2.68. The minimum absolute atomic E-state index is 0. The van der Waals surface area contributed by atoms with Crippen molar-refractivity contribution >= 4 is 53.1 Å². The number of halogens is 2. The summed E-state index contributed by atoms with van der Waals surface area (Å²) in [7, 11) is 0. The maximum absolute atomic E-state index is 11.8. The number of aliphatic imine (C=N–C) groups is 1. The molecule has 0 fully saturated rings. The minimum Gasteiger partial charge on any atom is -0.357 e. The van der Waals surface area contributed by atoms with Crippen molar-refractivity contribution in [3.8, 4) is 0 Å². The van der Waals surface area contributed by atoms with Crippen LogP contribution in [-0.2, 0) is 17.8 Å². The van der Waals surface area contributed by atoms with Gasteiger partial charge < -0.3 is 16.0 Å². The molecule has 0 unspecified atom stereocenters. The van der Waals surface area contributed by atoms with E-state index < -0.39 is 0 Å². The Morgan fingerprint density at radius 1 is 1.14 bits per heavy atom. The van der Waals surface area contributed by atoms with Crippen molar-refractivity contribution in [3.63, 3.8) is 0 Å². The number of hydrogen-bond acceptors (Lipinski definition) is 3. The Bertz CT molecular complexity index is 783. The minimum atomic E-state index is 0. The van der Waals surface area contributed by atoms with Gasteiger partial charge in [-0.25, -0.2) is 9.98 Å². The number of amides is 1. The third-order valence-electron chi connectivity index (χ3n) is 3.95. The molecule has 0 saturated heterocycles. The summed E-state index contributed by atoms with van der Waals surface area (Å²) >= 11 is 5.81. The van der Waals surface area contributed by atoms with E-state index in [1.807, 2.05) is 44.2 Å². The molecule has 1 aromatic heterocycles. The summed E-state index contributed by atoms with van der Waals surface area (Å²) in [5.41, 5.74) is 2.95. The number of rotatable bonds is 9. The van der Waals surface area contributed by atoms with Crippen LogP contribution in [0.2, 0.25) is 5.15 Å². The molecule has 0 spiro atoms. The summed E-state index contributed by atoms with van der Waals surface area (Å²) in [5, 5.41) is 9.99. The summed E-state index contributed by atoms with van der Waals surface area (Å²) in [4.78, 5) is 20.5. The van der Waals surface area contributed by atoms with E-state index in [4.69, 9.17) is 11.6 Å². The normalized spacial score (nSPS) is 10.8. The molecule has 0 aliphatic rings. The summed E-state index contributed by atoms with van der Waals surface area (Å²) in [6.07, 6.45) is 3.97. The molecule has 1 amide bonds. The van der Waals surface area contributed by atoms with Gasteiger partial charge in [-0.2, -0.15) is 0 Å². The predicted molar refractivity (Wildman–Crippen MR) is 131 cm³/mol. The first-order chi connectivity index (χ1) is 13.6. The van der Waals surface area contributed by atoms with Crippen molar-refractivity contribution in [2.24, 2.45) is 4.99 Å². The Morgan fingerprint density at radius 3 is 2.66 bits per heavy atom. The maximum Gasteiger partial charge on any atom is 0.224 e. The van der Waals surface area contributed by atoms with Crippen LogP contribution >= 0.6 is 35.6 Å². The van der Waals surface area contributed by atoms with Gasteiger partial charge >= 0.3 is 0 Å². The largest absolute Gasteiger partial charge is 0.357 e. The van der Waals surface area contributed by atoms with Gasteiger partial charge in [-0.05, 0) is 49.1 Å². The highest BCUT2D eigenvalue weighted by atomic mass is 127. The standard InChI is InChI=1S/C21H28ClN5O.HI/c1-3-6-20(28)27-18-8-5-7-17(13-18)15-26-21(23-4-2)24-12-11-16-9-10-19(22)25-14-16;/h5,7-10,13-14H,3-4,6,11-12,15H2,1-2H3,(H,27,28)(H2,23,24,26);1H. The molecule has 0 atom stereocenters. The van der Waals surface area contributed by atoms with Gasteiger partial charge in [0, 0.05) is 31.4 Å². The lowest BCUT2D eigenvalue weighted by molar-refractivity contribution is -0.116. The fraction of sp³-hybridized carbons (Fsp3) is 0.381. The van der Waals surface area contributed by atoms with Gasteiger partial charge in [0.25, 0.3) is 0 Å². The zero-order chi connectivity index (χ0) is 20.2. The number of nitrogens with zero attached hydrogens (tertiary/aromatic N) is 2. The number of nitrogens with one attached hydrogen (secondary N) is 3. The smallest absolute Gasteiger partial charge is 0.224 e. The Kier molecular flexibility index (Phi) is 12.3. The lowest BCUT2D eigenvalue weighted by Gasteiger charge is -2.12. The van der Waals surface area contributed by atoms with E-state index in [9.17, 15) is 4.79 Å². The molecule has 0 saturated carbocycles. The van der Waals surface area contributed by atoms with E-state index >= 15 is 0 Å². The van der Waals surface area contributed by atoms with Gasteiger partial charge in [-0.3, -0.25) is 4.79 Å². The van der Waals surface area contributed by atoms with Crippen LogP contribution in [0.1, 0.15) is 37.8 Å². The van der Waals surface area contributed by atoms with Crippen molar-refractivity contribution in [1.29, 1.82) is 0 Å². The van der Waals surface area contributed by atoms with Crippen LogP contribution in [0.3, 0.4) is 0 Å². The quantitative estimate of drug-likeness (QED) is 0.195. The maximum atomic E-state index is 11.8. The van der Waals surface area contributed by atoms with Crippen LogP contribution in [-0.4, -0.2) is 29.9 Å². The highest BCUT2D eigenvalue weighted by molar-refractivity contribution is 14.0. The number of carbonyl (C=O) groups is 1. The van der Waals surface area contributed by atoms with Crippen LogP contribution in [0, 0.1) is 0 Å². The average molecular weight is 530 g/mol. The van der Waals surface area contributed by atoms with Crippen LogP contribution in [0.25, 0.3) is 0 Å². The summed E-state index contributed by atoms with van der Waals surface area (Å²) in [6.45, 7) is 6.06. The topological polar surface area (TPSA) is 78.4 Å². The van der Waals surface area contributed by atoms with Crippen molar-refractivity contribution in [2.75, 3.05) is 18.4 Å². The molecule has 8 heteroatoms. The molecule has 6 nitrogen and oxygen atoms in total. The number of guanidine groups is 1. The van der Waals surface area contributed by atoms with Crippen molar-refractivity contribution in [2.45, 2.75) is 39.7 Å². The third kappa shape index (κ3) is 9.94. The molecule has 0 aliphatic carbocycles. The van der Waals surface area contributed by atoms with Crippen LogP contribution in [0.4, 0.5) is 5.69 Å². The Hall–Kier alpha value is -1.87. The number of hydrogen-bond donors (Lipinski definition) is 3. The van der Waals surface area contributed by atoms with E-state index in [0.29, 0.717) is 18.1 Å². The first-order valence-corrected chi connectivity index (χ1v) is 10.00. The van der Waals surface area contributed by atoms with E-state index in [2.05, 4.69) is 25.9 Å². The van der Waals surface area contributed by atoms with Crippen molar-refractivity contribution in [1.82, 2.24) is 15.6 Å². The second-order valence-electron chi connectivity index (χ2n) is 6.36. The Balaban J connectivity index is 0.00000420. The van der Waals surface area contributed by atoms with Crippen molar-refractivity contribution in [3.05, 3.63) is 58.9 Å². The number of carbonyl (C=O) groups excluding carboxylic acids is 1. The lowest BCUT2D eigenvalue weighted by Crippen LogP contribution is -2.38. The summed E-state index contributed by atoms with van der Waals surface area (Å²) in [6, 6.07) is 11.6. The lowest BCUT2D eigenvalue weighted by atomic mass is 10.2.